The van der Waals surface area contributed by atoms with Gasteiger partial charge in [-0.15, -0.1) is 0 Å². The van der Waals surface area contributed by atoms with Gasteiger partial charge in [0.15, 0.2) is 23.0 Å². The Hall–Kier alpha value is -3.94. The van der Waals surface area contributed by atoms with E-state index in [2.05, 4.69) is 0 Å². The molecule has 0 atom stereocenters. The molecule has 4 rings (SSSR count). The van der Waals surface area contributed by atoms with Crippen LogP contribution in [0.2, 0.25) is 0 Å². The molecule has 0 fully saturated rings. The first-order valence-corrected chi connectivity index (χ1v) is 9.86. The van der Waals surface area contributed by atoms with E-state index in [9.17, 15) is 9.59 Å². The van der Waals surface area contributed by atoms with Gasteiger partial charge in [-0.2, -0.15) is 0 Å². The standard InChI is InChI=1S/C24H24N2O6/c1-25-17-11-21(31-5)19(29-3)7-15(17)13(9-23(25)27)14-10-24(28)26(2)18-12-22(32-6)20(30-4)8-16(14)18/h7-12H,1-6H3. The fraction of sp³-hybridized carbons (Fsp3) is 0.250. The van der Waals surface area contributed by atoms with Crippen LogP contribution < -0.4 is 30.1 Å². The third kappa shape index (κ3) is 3.15. The van der Waals surface area contributed by atoms with Gasteiger partial charge in [0.2, 0.25) is 0 Å². The topological polar surface area (TPSA) is 80.9 Å². The zero-order valence-electron chi connectivity index (χ0n) is 18.8. The summed E-state index contributed by atoms with van der Waals surface area (Å²) in [6.07, 6.45) is 0. The summed E-state index contributed by atoms with van der Waals surface area (Å²) in [5.74, 6) is 2.05. The van der Waals surface area contributed by atoms with Crippen molar-refractivity contribution in [2.24, 2.45) is 14.1 Å². The highest BCUT2D eigenvalue weighted by atomic mass is 16.5. The maximum absolute atomic E-state index is 12.9. The van der Waals surface area contributed by atoms with Gasteiger partial charge in [-0.05, 0) is 23.3 Å². The van der Waals surface area contributed by atoms with Gasteiger partial charge < -0.3 is 28.1 Å². The number of methoxy groups -OCH3 is 4. The molecule has 166 valence electrons. The summed E-state index contributed by atoms with van der Waals surface area (Å²) in [7, 11) is 9.57. The van der Waals surface area contributed by atoms with Gasteiger partial charge in [-0.3, -0.25) is 9.59 Å². The highest BCUT2D eigenvalue weighted by Crippen LogP contribution is 2.40. The van der Waals surface area contributed by atoms with Gasteiger partial charge >= 0.3 is 0 Å². The van der Waals surface area contributed by atoms with Crippen molar-refractivity contribution in [1.82, 2.24) is 9.13 Å². The molecule has 32 heavy (non-hydrogen) atoms. The largest absolute Gasteiger partial charge is 0.493 e. The molecule has 2 aromatic carbocycles. The van der Waals surface area contributed by atoms with Crippen LogP contribution in [-0.4, -0.2) is 37.6 Å². The van der Waals surface area contributed by atoms with Crippen molar-refractivity contribution in [3.63, 3.8) is 0 Å². The highest BCUT2D eigenvalue weighted by Gasteiger charge is 2.19. The predicted octanol–water partition coefficient (Wildman–Crippen LogP) is 3.09. The third-order valence-corrected chi connectivity index (χ3v) is 5.79. The first-order valence-electron chi connectivity index (χ1n) is 9.86. The number of fused-ring (bicyclic) bond motifs is 2. The maximum Gasteiger partial charge on any atom is 0.251 e. The van der Waals surface area contributed by atoms with E-state index in [-0.39, 0.29) is 11.1 Å². The monoisotopic (exact) mass is 436 g/mol. The summed E-state index contributed by atoms with van der Waals surface area (Å²) in [5.41, 5.74) is 2.10. The molecule has 0 aliphatic carbocycles. The number of ether oxygens (including phenoxy) is 4. The second-order valence-corrected chi connectivity index (χ2v) is 7.36. The normalized spacial score (nSPS) is 11.1. The highest BCUT2D eigenvalue weighted by molar-refractivity contribution is 6.05. The number of aromatic nitrogens is 2. The lowest BCUT2D eigenvalue weighted by Gasteiger charge is -2.17. The molecule has 0 saturated heterocycles. The summed E-state index contributed by atoms with van der Waals surface area (Å²) < 4.78 is 24.9. The molecule has 0 spiro atoms. The van der Waals surface area contributed by atoms with Crippen LogP contribution >= 0.6 is 0 Å². The van der Waals surface area contributed by atoms with Gasteiger partial charge in [0.05, 0.1) is 39.5 Å². The van der Waals surface area contributed by atoms with Crippen LogP contribution in [0.15, 0.2) is 46.0 Å². The molecule has 2 heterocycles. The smallest absolute Gasteiger partial charge is 0.251 e. The molecule has 0 amide bonds. The van der Waals surface area contributed by atoms with Crippen molar-refractivity contribution in [3.05, 3.63) is 57.1 Å². The molecule has 8 heteroatoms. The Morgan fingerprint density at radius 3 is 1.16 bits per heavy atom. The van der Waals surface area contributed by atoms with Gasteiger partial charge in [0.1, 0.15) is 0 Å². The van der Waals surface area contributed by atoms with Crippen LogP contribution in [0.4, 0.5) is 0 Å². The first-order chi connectivity index (χ1) is 15.3. The van der Waals surface area contributed by atoms with E-state index >= 15 is 0 Å². The molecule has 2 aromatic heterocycles. The molecular formula is C24H24N2O6. The molecule has 0 aliphatic rings. The van der Waals surface area contributed by atoms with E-state index in [1.165, 1.54) is 21.3 Å². The second kappa shape index (κ2) is 7.96. The molecule has 0 unspecified atom stereocenters. The molecule has 4 aromatic rings. The average Bonchev–Trinajstić information content (AvgIpc) is 2.81. The van der Waals surface area contributed by atoms with E-state index < -0.39 is 0 Å². The molecule has 0 N–H and O–H groups in total. The van der Waals surface area contributed by atoms with Crippen LogP contribution in [0.5, 0.6) is 23.0 Å². The van der Waals surface area contributed by atoms with Crippen LogP contribution in [0.25, 0.3) is 32.9 Å². The van der Waals surface area contributed by atoms with Crippen LogP contribution in [-0.2, 0) is 14.1 Å². The Kier molecular flexibility index (Phi) is 5.30. The minimum absolute atomic E-state index is 0.214. The van der Waals surface area contributed by atoms with E-state index in [1.807, 2.05) is 12.1 Å². The Bertz CT molecular complexity index is 1370. The van der Waals surface area contributed by atoms with Gasteiger partial charge in [0.25, 0.3) is 11.1 Å². The van der Waals surface area contributed by atoms with Gasteiger partial charge in [0, 0.05) is 49.1 Å². The summed E-state index contributed by atoms with van der Waals surface area (Å²) in [6.45, 7) is 0. The molecule has 0 radical (unpaired) electrons. The first kappa shape index (κ1) is 21.3. The lowest BCUT2D eigenvalue weighted by atomic mass is 9.96. The van der Waals surface area contributed by atoms with E-state index in [0.717, 1.165) is 10.8 Å². The van der Waals surface area contributed by atoms with Crippen LogP contribution in [0.3, 0.4) is 0 Å². The van der Waals surface area contributed by atoms with Crippen molar-refractivity contribution >= 4 is 21.8 Å². The van der Waals surface area contributed by atoms with Crippen molar-refractivity contribution < 1.29 is 18.9 Å². The quantitative estimate of drug-likeness (QED) is 0.478. The summed E-state index contributed by atoms with van der Waals surface area (Å²) in [6, 6.07) is 10.2. The summed E-state index contributed by atoms with van der Waals surface area (Å²) in [4.78, 5) is 25.7. The number of hydrogen-bond donors (Lipinski definition) is 0. The number of benzene rings is 2. The third-order valence-electron chi connectivity index (χ3n) is 5.79. The Morgan fingerprint density at radius 1 is 0.531 bits per heavy atom. The molecule has 0 saturated carbocycles. The predicted molar refractivity (Wildman–Crippen MR) is 124 cm³/mol. The number of hydrogen-bond acceptors (Lipinski definition) is 6. The van der Waals surface area contributed by atoms with Crippen molar-refractivity contribution in [1.29, 1.82) is 0 Å². The Balaban J connectivity index is 2.21. The summed E-state index contributed by atoms with van der Waals surface area (Å²) in [5, 5.41) is 1.49. The molecular weight excluding hydrogens is 412 g/mol. The minimum atomic E-state index is -0.214. The lowest BCUT2D eigenvalue weighted by molar-refractivity contribution is 0.355. The lowest BCUT2D eigenvalue weighted by Crippen LogP contribution is -2.19. The van der Waals surface area contributed by atoms with Crippen LogP contribution in [0, 0.1) is 0 Å². The number of rotatable bonds is 5. The average molecular weight is 436 g/mol. The fourth-order valence-corrected chi connectivity index (χ4v) is 4.00. The van der Waals surface area contributed by atoms with Crippen molar-refractivity contribution in [2.75, 3.05) is 28.4 Å². The van der Waals surface area contributed by atoms with Crippen molar-refractivity contribution in [3.8, 4) is 34.1 Å². The van der Waals surface area contributed by atoms with Crippen LogP contribution in [0.1, 0.15) is 0 Å². The molecule has 0 bridgehead atoms. The zero-order valence-corrected chi connectivity index (χ0v) is 18.8. The van der Waals surface area contributed by atoms with Gasteiger partial charge in [-0.25, -0.2) is 0 Å². The minimum Gasteiger partial charge on any atom is -0.493 e. The number of aryl methyl sites for hydroxylation is 2. The van der Waals surface area contributed by atoms with Crippen molar-refractivity contribution in [2.45, 2.75) is 0 Å². The zero-order chi connectivity index (χ0) is 23.2. The number of nitrogens with zero attached hydrogens (tertiary/aromatic N) is 2. The van der Waals surface area contributed by atoms with E-state index in [0.29, 0.717) is 45.2 Å². The second-order valence-electron chi connectivity index (χ2n) is 7.36. The number of pyridine rings is 2. The summed E-state index contributed by atoms with van der Waals surface area (Å²) >= 11 is 0. The molecule has 0 aliphatic heterocycles. The molecule has 8 nitrogen and oxygen atoms in total. The Morgan fingerprint density at radius 2 is 0.844 bits per heavy atom. The fourth-order valence-electron chi connectivity index (χ4n) is 4.00. The maximum atomic E-state index is 12.9. The van der Waals surface area contributed by atoms with Gasteiger partial charge in [-0.1, -0.05) is 0 Å². The Labute approximate surface area is 184 Å². The van der Waals surface area contributed by atoms with E-state index in [4.69, 9.17) is 18.9 Å². The SMILES string of the molecule is COc1cc2c(-c3cc(=O)n(C)c4cc(OC)c(OC)cc34)cc(=O)n(C)c2cc1OC. The van der Waals surface area contributed by atoms with E-state index in [1.54, 1.807) is 54.7 Å².